The first-order valence-electron chi connectivity index (χ1n) is 10.4. The molecule has 0 aliphatic carbocycles. The van der Waals surface area contributed by atoms with Crippen LogP contribution in [0.5, 0.6) is 0 Å². The van der Waals surface area contributed by atoms with E-state index < -0.39 is 4.87 Å². The highest BCUT2D eigenvalue weighted by molar-refractivity contribution is 8.02. The van der Waals surface area contributed by atoms with Crippen molar-refractivity contribution in [1.82, 2.24) is 4.90 Å². The summed E-state index contributed by atoms with van der Waals surface area (Å²) in [5, 5.41) is 1.88. The molecular formula is C25H23FN2O2S2. The van der Waals surface area contributed by atoms with Gasteiger partial charge in [-0.1, -0.05) is 35.9 Å². The van der Waals surface area contributed by atoms with Crippen LogP contribution in [0, 0.1) is 12.7 Å². The van der Waals surface area contributed by atoms with E-state index in [-0.39, 0.29) is 22.4 Å². The van der Waals surface area contributed by atoms with Crippen molar-refractivity contribution < 1.29 is 14.0 Å². The molecule has 7 heteroatoms. The Morgan fingerprint density at radius 3 is 2.56 bits per heavy atom. The van der Waals surface area contributed by atoms with E-state index in [1.807, 2.05) is 42.6 Å². The summed E-state index contributed by atoms with van der Waals surface area (Å²) >= 11 is 2.94. The molecule has 3 aromatic rings. The number of hydrogen-bond acceptors (Lipinski definition) is 4. The van der Waals surface area contributed by atoms with Crippen LogP contribution in [0.15, 0.2) is 60.0 Å². The number of aryl methyl sites for hydroxylation is 1. The molecule has 2 aliphatic heterocycles. The zero-order chi connectivity index (χ0) is 22.7. The Morgan fingerprint density at radius 2 is 1.88 bits per heavy atom. The second kappa shape index (κ2) is 7.46. The average molecular weight is 467 g/mol. The van der Waals surface area contributed by atoms with Crippen molar-refractivity contribution in [2.75, 3.05) is 11.4 Å². The molecule has 2 aliphatic rings. The van der Waals surface area contributed by atoms with Gasteiger partial charge in [0, 0.05) is 16.9 Å². The van der Waals surface area contributed by atoms with Crippen molar-refractivity contribution in [3.63, 3.8) is 0 Å². The topological polar surface area (TPSA) is 40.6 Å². The summed E-state index contributed by atoms with van der Waals surface area (Å²) in [6, 6.07) is 15.8. The van der Waals surface area contributed by atoms with Crippen molar-refractivity contribution in [3.05, 3.63) is 87.4 Å². The number of benzene rings is 2. The Balaban J connectivity index is 1.65. The summed E-state index contributed by atoms with van der Waals surface area (Å²) in [5.41, 5.74) is 3.53. The smallest absolute Gasteiger partial charge is 0.268 e. The number of hydrogen-bond donors (Lipinski definition) is 0. The normalized spacial score (nSPS) is 21.4. The number of fused-ring (bicyclic) bond motifs is 2. The van der Waals surface area contributed by atoms with Gasteiger partial charge in [0.05, 0.1) is 17.1 Å². The zero-order valence-corrected chi connectivity index (χ0v) is 19.7. The van der Waals surface area contributed by atoms with E-state index in [1.165, 1.54) is 23.5 Å². The molecule has 3 heterocycles. The van der Waals surface area contributed by atoms with Crippen LogP contribution in [-0.2, 0) is 16.2 Å². The largest absolute Gasteiger partial charge is 0.309 e. The van der Waals surface area contributed by atoms with Crippen molar-refractivity contribution in [1.29, 1.82) is 0 Å². The number of carbonyl (C=O) groups is 2. The van der Waals surface area contributed by atoms with Crippen LogP contribution in [-0.4, -0.2) is 28.0 Å². The third kappa shape index (κ3) is 3.26. The Kier molecular flexibility index (Phi) is 4.94. The highest BCUT2D eigenvalue weighted by Crippen LogP contribution is 2.60. The average Bonchev–Trinajstić information content (AvgIpc) is 3.43. The number of thioether (sulfide) groups is 1. The fraction of sp³-hybridized carbons (Fsp3) is 0.280. The van der Waals surface area contributed by atoms with E-state index in [2.05, 4.69) is 13.8 Å². The van der Waals surface area contributed by atoms with E-state index in [1.54, 1.807) is 33.7 Å². The Hall–Kier alpha value is -2.64. The lowest BCUT2D eigenvalue weighted by Crippen LogP contribution is -2.50. The van der Waals surface area contributed by atoms with Gasteiger partial charge in [0.25, 0.3) is 11.8 Å². The first-order valence-corrected chi connectivity index (χ1v) is 12.1. The SMILES string of the molecule is Cc1ccc2c(c1)[C@@]1(SC(C)(C)CN1C(=O)c1cccs1)C(=O)N2Cc1ccc(F)cc1. The minimum Gasteiger partial charge on any atom is -0.309 e. The number of halogens is 1. The van der Waals surface area contributed by atoms with Crippen LogP contribution in [0.3, 0.4) is 0 Å². The number of nitrogens with zero attached hydrogens (tertiary/aromatic N) is 2. The Labute approximate surface area is 195 Å². The molecule has 0 N–H and O–H groups in total. The molecule has 164 valence electrons. The predicted octanol–water partition coefficient (Wildman–Crippen LogP) is 5.56. The van der Waals surface area contributed by atoms with Crippen LogP contribution in [0.4, 0.5) is 10.1 Å². The van der Waals surface area contributed by atoms with E-state index in [0.717, 1.165) is 22.4 Å². The number of carbonyl (C=O) groups excluding carboxylic acids is 2. The van der Waals surface area contributed by atoms with Gasteiger partial charge in [0.15, 0.2) is 4.87 Å². The minimum absolute atomic E-state index is 0.122. The lowest BCUT2D eigenvalue weighted by atomic mass is 10.0. The van der Waals surface area contributed by atoms with Crippen molar-refractivity contribution >= 4 is 40.6 Å². The van der Waals surface area contributed by atoms with Crippen LogP contribution >= 0.6 is 23.1 Å². The Morgan fingerprint density at radius 1 is 1.12 bits per heavy atom. The molecule has 5 rings (SSSR count). The number of amides is 2. The molecule has 32 heavy (non-hydrogen) atoms. The molecule has 0 bridgehead atoms. The maximum atomic E-state index is 14.2. The molecule has 1 atom stereocenters. The summed E-state index contributed by atoms with van der Waals surface area (Å²) in [4.78, 5) is 30.8. The van der Waals surface area contributed by atoms with Gasteiger partial charge in [0.1, 0.15) is 5.82 Å². The molecule has 1 aromatic heterocycles. The van der Waals surface area contributed by atoms with Gasteiger partial charge in [-0.3, -0.25) is 9.59 Å². The maximum absolute atomic E-state index is 14.2. The summed E-state index contributed by atoms with van der Waals surface area (Å²) in [6.45, 7) is 6.94. The van der Waals surface area contributed by atoms with E-state index in [4.69, 9.17) is 0 Å². The van der Waals surface area contributed by atoms with Crippen molar-refractivity contribution in [2.45, 2.75) is 36.9 Å². The molecule has 0 unspecified atom stereocenters. The van der Waals surface area contributed by atoms with Gasteiger partial charge in [-0.25, -0.2) is 4.39 Å². The van der Waals surface area contributed by atoms with E-state index >= 15 is 0 Å². The van der Waals surface area contributed by atoms with Gasteiger partial charge in [-0.2, -0.15) is 0 Å². The zero-order valence-electron chi connectivity index (χ0n) is 18.1. The first-order chi connectivity index (χ1) is 15.2. The number of thiophene rings is 1. The summed E-state index contributed by atoms with van der Waals surface area (Å²) < 4.78 is 13.1. The second-order valence-corrected chi connectivity index (χ2v) is 11.8. The molecule has 0 saturated carbocycles. The van der Waals surface area contributed by atoms with Crippen LogP contribution in [0.1, 0.15) is 40.2 Å². The van der Waals surface area contributed by atoms with Crippen molar-refractivity contribution in [3.8, 4) is 0 Å². The molecule has 2 amide bonds. The standard InChI is InChI=1S/C25H23FN2O2S2/c1-16-6-11-20-19(13-16)25(23(30)27(20)14-17-7-9-18(26)10-8-17)28(15-24(2,3)32-25)22(29)21-5-4-12-31-21/h4-13H,14-15H2,1-3H3/t25-/m1/s1. The van der Waals surface area contributed by atoms with E-state index in [9.17, 15) is 14.0 Å². The second-order valence-electron chi connectivity index (χ2n) is 8.91. The fourth-order valence-electron chi connectivity index (χ4n) is 4.58. The summed E-state index contributed by atoms with van der Waals surface area (Å²) in [6.07, 6.45) is 0. The van der Waals surface area contributed by atoms with Gasteiger partial charge < -0.3 is 9.80 Å². The van der Waals surface area contributed by atoms with Gasteiger partial charge >= 0.3 is 0 Å². The summed E-state index contributed by atoms with van der Waals surface area (Å²) in [7, 11) is 0. The van der Waals surface area contributed by atoms with Crippen LogP contribution in [0.25, 0.3) is 0 Å². The molecule has 0 radical (unpaired) electrons. The number of rotatable bonds is 3. The lowest BCUT2D eigenvalue weighted by molar-refractivity contribution is -0.123. The Bertz CT molecular complexity index is 1210. The highest BCUT2D eigenvalue weighted by atomic mass is 32.2. The minimum atomic E-state index is -1.12. The lowest BCUT2D eigenvalue weighted by Gasteiger charge is -2.33. The van der Waals surface area contributed by atoms with Gasteiger partial charge in [0.2, 0.25) is 0 Å². The van der Waals surface area contributed by atoms with Crippen LogP contribution < -0.4 is 4.90 Å². The van der Waals surface area contributed by atoms with E-state index in [0.29, 0.717) is 18.0 Å². The maximum Gasteiger partial charge on any atom is 0.268 e. The van der Waals surface area contributed by atoms with Gasteiger partial charge in [-0.05, 0) is 56.0 Å². The van der Waals surface area contributed by atoms with Gasteiger partial charge in [-0.15, -0.1) is 23.1 Å². The molecule has 2 aromatic carbocycles. The monoisotopic (exact) mass is 466 g/mol. The first kappa shape index (κ1) is 21.2. The predicted molar refractivity (Wildman–Crippen MR) is 127 cm³/mol. The van der Waals surface area contributed by atoms with Crippen molar-refractivity contribution in [2.24, 2.45) is 0 Å². The third-order valence-electron chi connectivity index (χ3n) is 5.92. The number of anilines is 1. The molecular weight excluding hydrogens is 443 g/mol. The highest BCUT2D eigenvalue weighted by Gasteiger charge is 2.63. The summed E-state index contributed by atoms with van der Waals surface area (Å²) in [5.74, 6) is -0.555. The molecule has 4 nitrogen and oxygen atoms in total. The molecule has 1 spiro atoms. The van der Waals surface area contributed by atoms with Crippen LogP contribution in [0.2, 0.25) is 0 Å². The quantitative estimate of drug-likeness (QED) is 0.507. The molecule has 1 fully saturated rings. The fourth-order valence-corrected chi connectivity index (χ4v) is 6.97. The third-order valence-corrected chi connectivity index (χ3v) is 8.37. The molecule has 1 saturated heterocycles.